The van der Waals surface area contributed by atoms with E-state index in [1.807, 2.05) is 13.8 Å². The number of esters is 1. The van der Waals surface area contributed by atoms with Gasteiger partial charge in [-0.15, -0.1) is 0 Å². The number of rotatable bonds is 4. The van der Waals surface area contributed by atoms with Gasteiger partial charge in [0, 0.05) is 6.42 Å². The van der Waals surface area contributed by atoms with E-state index in [1.165, 1.54) is 0 Å². The molecule has 0 saturated carbocycles. The fourth-order valence-electron chi connectivity index (χ4n) is 1.48. The third-order valence-corrected chi connectivity index (χ3v) is 2.01. The molecule has 0 saturated heterocycles. The van der Waals surface area contributed by atoms with Crippen LogP contribution >= 0.6 is 0 Å². The molecule has 3 heteroatoms. The van der Waals surface area contributed by atoms with Crippen molar-refractivity contribution >= 4 is 5.97 Å². The zero-order valence-corrected chi connectivity index (χ0v) is 8.26. The van der Waals surface area contributed by atoms with Crippen LogP contribution in [-0.4, -0.2) is 19.2 Å². The second-order valence-corrected chi connectivity index (χ2v) is 2.91. The summed E-state index contributed by atoms with van der Waals surface area (Å²) in [5.74, 6) is 0.629. The Morgan fingerprint density at radius 3 is 2.69 bits per heavy atom. The lowest BCUT2D eigenvalue weighted by atomic mass is 10.2. The van der Waals surface area contributed by atoms with Crippen LogP contribution in [0.5, 0.6) is 0 Å². The molecule has 0 aliphatic heterocycles. The first-order chi connectivity index (χ1) is 6.29. The molecule has 0 aromatic rings. The maximum absolute atomic E-state index is 11.4. The van der Waals surface area contributed by atoms with Crippen molar-refractivity contribution < 1.29 is 14.3 Å². The Morgan fingerprint density at radius 2 is 2.08 bits per heavy atom. The number of allylic oxidation sites excluding steroid dienone is 1. The van der Waals surface area contributed by atoms with Crippen molar-refractivity contribution in [3.63, 3.8) is 0 Å². The van der Waals surface area contributed by atoms with Gasteiger partial charge in [-0.2, -0.15) is 0 Å². The standard InChI is InChI=1S/C10H16O3/c1-3-12-9-7-5-6-8(9)10(11)13-4-2/h3-7H2,1-2H3. The number of hydrogen-bond acceptors (Lipinski definition) is 3. The van der Waals surface area contributed by atoms with E-state index in [0.29, 0.717) is 13.2 Å². The van der Waals surface area contributed by atoms with E-state index in [1.54, 1.807) is 0 Å². The van der Waals surface area contributed by atoms with Crippen LogP contribution in [-0.2, 0) is 14.3 Å². The van der Waals surface area contributed by atoms with E-state index in [0.717, 1.165) is 30.6 Å². The summed E-state index contributed by atoms with van der Waals surface area (Å²) in [5, 5.41) is 0. The first-order valence-electron chi connectivity index (χ1n) is 4.81. The molecule has 0 aromatic heterocycles. The molecule has 0 fully saturated rings. The first-order valence-corrected chi connectivity index (χ1v) is 4.81. The Kier molecular flexibility index (Phi) is 3.80. The van der Waals surface area contributed by atoms with Crippen molar-refractivity contribution in [3.05, 3.63) is 11.3 Å². The molecule has 0 radical (unpaired) electrons. The predicted octanol–water partition coefficient (Wildman–Crippen LogP) is 2.02. The molecular weight excluding hydrogens is 168 g/mol. The second-order valence-electron chi connectivity index (χ2n) is 2.91. The van der Waals surface area contributed by atoms with Gasteiger partial charge in [-0.05, 0) is 26.7 Å². The Balaban J connectivity index is 2.63. The van der Waals surface area contributed by atoms with Gasteiger partial charge in [-0.3, -0.25) is 0 Å². The van der Waals surface area contributed by atoms with Gasteiger partial charge in [0.05, 0.1) is 18.8 Å². The molecule has 0 atom stereocenters. The van der Waals surface area contributed by atoms with Gasteiger partial charge < -0.3 is 9.47 Å². The van der Waals surface area contributed by atoms with E-state index in [-0.39, 0.29) is 5.97 Å². The fourth-order valence-corrected chi connectivity index (χ4v) is 1.48. The van der Waals surface area contributed by atoms with Crippen LogP contribution in [0, 0.1) is 0 Å². The maximum Gasteiger partial charge on any atom is 0.337 e. The van der Waals surface area contributed by atoms with Crippen molar-refractivity contribution in [1.82, 2.24) is 0 Å². The van der Waals surface area contributed by atoms with Crippen LogP contribution in [0.3, 0.4) is 0 Å². The van der Waals surface area contributed by atoms with E-state index >= 15 is 0 Å². The number of ether oxygens (including phenoxy) is 2. The lowest BCUT2D eigenvalue weighted by molar-refractivity contribution is -0.138. The van der Waals surface area contributed by atoms with Crippen LogP contribution in [0.4, 0.5) is 0 Å². The molecule has 1 rings (SSSR count). The minimum atomic E-state index is -0.205. The smallest absolute Gasteiger partial charge is 0.337 e. The fraction of sp³-hybridized carbons (Fsp3) is 0.700. The van der Waals surface area contributed by atoms with Gasteiger partial charge in [-0.25, -0.2) is 4.79 Å². The van der Waals surface area contributed by atoms with E-state index in [9.17, 15) is 4.79 Å². The van der Waals surface area contributed by atoms with Gasteiger partial charge in [-0.1, -0.05) is 0 Å². The van der Waals surface area contributed by atoms with E-state index < -0.39 is 0 Å². The Hall–Kier alpha value is -0.990. The van der Waals surface area contributed by atoms with Crippen LogP contribution in [0.2, 0.25) is 0 Å². The Bertz CT molecular complexity index is 218. The highest BCUT2D eigenvalue weighted by atomic mass is 16.5. The van der Waals surface area contributed by atoms with Crippen molar-refractivity contribution in [2.45, 2.75) is 33.1 Å². The van der Waals surface area contributed by atoms with Gasteiger partial charge >= 0.3 is 5.97 Å². The summed E-state index contributed by atoms with van der Waals surface area (Å²) in [7, 11) is 0. The largest absolute Gasteiger partial charge is 0.498 e. The van der Waals surface area contributed by atoms with Gasteiger partial charge in [0.25, 0.3) is 0 Å². The molecule has 1 aliphatic carbocycles. The molecule has 0 spiro atoms. The zero-order valence-electron chi connectivity index (χ0n) is 8.26. The predicted molar refractivity (Wildman–Crippen MR) is 49.1 cm³/mol. The molecule has 0 N–H and O–H groups in total. The summed E-state index contributed by atoms with van der Waals surface area (Å²) in [6.45, 7) is 4.79. The highest BCUT2D eigenvalue weighted by Crippen LogP contribution is 2.27. The molecule has 0 unspecified atom stereocenters. The molecular formula is C10H16O3. The SMILES string of the molecule is CCOC(=O)C1=C(OCC)CCC1. The lowest BCUT2D eigenvalue weighted by Crippen LogP contribution is -2.08. The Morgan fingerprint density at radius 1 is 1.31 bits per heavy atom. The Labute approximate surface area is 78.7 Å². The van der Waals surface area contributed by atoms with Crippen molar-refractivity contribution in [2.24, 2.45) is 0 Å². The topological polar surface area (TPSA) is 35.5 Å². The summed E-state index contributed by atoms with van der Waals surface area (Å²) in [5.41, 5.74) is 0.740. The van der Waals surface area contributed by atoms with Crippen molar-refractivity contribution in [1.29, 1.82) is 0 Å². The molecule has 1 aliphatic rings. The first kappa shape index (κ1) is 10.1. The highest BCUT2D eigenvalue weighted by Gasteiger charge is 2.22. The number of hydrogen-bond donors (Lipinski definition) is 0. The average Bonchev–Trinajstić information content (AvgIpc) is 2.54. The van der Waals surface area contributed by atoms with E-state index in [4.69, 9.17) is 9.47 Å². The molecule has 0 bridgehead atoms. The molecule has 3 nitrogen and oxygen atoms in total. The summed E-state index contributed by atoms with van der Waals surface area (Å²) in [6, 6.07) is 0. The normalized spacial score (nSPS) is 16.2. The average molecular weight is 184 g/mol. The van der Waals surface area contributed by atoms with Crippen LogP contribution in [0.15, 0.2) is 11.3 Å². The van der Waals surface area contributed by atoms with Crippen molar-refractivity contribution in [2.75, 3.05) is 13.2 Å². The monoisotopic (exact) mass is 184 g/mol. The summed E-state index contributed by atoms with van der Waals surface area (Å²) in [4.78, 5) is 11.4. The summed E-state index contributed by atoms with van der Waals surface area (Å²) >= 11 is 0. The van der Waals surface area contributed by atoms with E-state index in [2.05, 4.69) is 0 Å². The zero-order chi connectivity index (χ0) is 9.68. The molecule has 13 heavy (non-hydrogen) atoms. The number of carbonyl (C=O) groups excluding carboxylic acids is 1. The third-order valence-electron chi connectivity index (χ3n) is 2.01. The lowest BCUT2D eigenvalue weighted by Gasteiger charge is -2.06. The molecule has 74 valence electrons. The van der Waals surface area contributed by atoms with Crippen molar-refractivity contribution in [3.8, 4) is 0 Å². The third kappa shape index (κ3) is 2.47. The quantitative estimate of drug-likeness (QED) is 0.627. The molecule has 0 heterocycles. The summed E-state index contributed by atoms with van der Waals surface area (Å²) < 4.78 is 10.3. The van der Waals surface area contributed by atoms with Gasteiger partial charge in [0.15, 0.2) is 0 Å². The highest BCUT2D eigenvalue weighted by molar-refractivity contribution is 5.89. The van der Waals surface area contributed by atoms with Crippen LogP contribution < -0.4 is 0 Å². The molecule has 0 amide bonds. The number of carbonyl (C=O) groups is 1. The maximum atomic E-state index is 11.4. The summed E-state index contributed by atoms with van der Waals surface area (Å²) in [6.07, 6.45) is 2.68. The van der Waals surface area contributed by atoms with Gasteiger partial charge in [0.2, 0.25) is 0 Å². The van der Waals surface area contributed by atoms with Crippen LogP contribution in [0.25, 0.3) is 0 Å². The second kappa shape index (κ2) is 4.90. The van der Waals surface area contributed by atoms with Crippen LogP contribution in [0.1, 0.15) is 33.1 Å². The molecule has 0 aromatic carbocycles. The minimum Gasteiger partial charge on any atom is -0.498 e. The van der Waals surface area contributed by atoms with Gasteiger partial charge in [0.1, 0.15) is 5.76 Å². The minimum absolute atomic E-state index is 0.205.